The molecule has 0 aliphatic heterocycles. The molecule has 0 saturated heterocycles. The number of hydrogen-bond acceptors (Lipinski definition) is 4. The van der Waals surface area contributed by atoms with E-state index in [9.17, 15) is 5.11 Å². The Morgan fingerprint density at radius 2 is 1.75 bits per heavy atom. The van der Waals surface area contributed by atoms with Gasteiger partial charge in [0.2, 0.25) is 0 Å². The molecule has 0 saturated carbocycles. The SMILES string of the molecule is COC(CC(C)(O)C1(CN)Cc2ccccc2C1)OC. The summed E-state index contributed by atoms with van der Waals surface area (Å²) in [7, 11) is 3.17. The van der Waals surface area contributed by atoms with Gasteiger partial charge in [-0.15, -0.1) is 0 Å². The first kappa shape index (κ1) is 15.4. The third-order valence-electron chi connectivity index (χ3n) is 4.80. The smallest absolute Gasteiger partial charge is 0.159 e. The third-order valence-corrected chi connectivity index (χ3v) is 4.80. The van der Waals surface area contributed by atoms with Crippen molar-refractivity contribution in [2.24, 2.45) is 11.1 Å². The lowest BCUT2D eigenvalue weighted by atomic mass is 9.68. The second kappa shape index (κ2) is 5.82. The van der Waals surface area contributed by atoms with Crippen molar-refractivity contribution >= 4 is 0 Å². The van der Waals surface area contributed by atoms with Gasteiger partial charge in [0.1, 0.15) is 0 Å². The number of hydrogen-bond donors (Lipinski definition) is 2. The van der Waals surface area contributed by atoms with Crippen LogP contribution in [0.1, 0.15) is 24.5 Å². The average molecular weight is 279 g/mol. The zero-order valence-corrected chi connectivity index (χ0v) is 12.6. The van der Waals surface area contributed by atoms with Crippen LogP contribution in [0, 0.1) is 5.41 Å². The first-order chi connectivity index (χ1) is 9.48. The third kappa shape index (κ3) is 2.61. The summed E-state index contributed by atoms with van der Waals surface area (Å²) in [5, 5.41) is 11.0. The van der Waals surface area contributed by atoms with Crippen LogP contribution >= 0.6 is 0 Å². The zero-order chi connectivity index (χ0) is 14.8. The van der Waals surface area contributed by atoms with Crippen molar-refractivity contribution in [3.05, 3.63) is 35.4 Å². The minimum atomic E-state index is -0.947. The summed E-state index contributed by atoms with van der Waals surface area (Å²) in [6.07, 6.45) is 1.59. The van der Waals surface area contributed by atoms with Crippen LogP contribution in [0.3, 0.4) is 0 Å². The van der Waals surface area contributed by atoms with E-state index in [0.717, 1.165) is 12.8 Å². The predicted molar refractivity (Wildman–Crippen MR) is 78.4 cm³/mol. The van der Waals surface area contributed by atoms with Crippen molar-refractivity contribution in [1.29, 1.82) is 0 Å². The molecule has 112 valence electrons. The van der Waals surface area contributed by atoms with Crippen LogP contribution in [-0.4, -0.2) is 37.8 Å². The van der Waals surface area contributed by atoms with Gasteiger partial charge in [0.15, 0.2) is 6.29 Å². The molecule has 1 aromatic carbocycles. The minimum absolute atomic E-state index is 0.355. The number of fused-ring (bicyclic) bond motifs is 1. The van der Waals surface area contributed by atoms with E-state index in [1.165, 1.54) is 11.1 Å². The van der Waals surface area contributed by atoms with Crippen molar-refractivity contribution in [2.45, 2.75) is 38.1 Å². The highest BCUT2D eigenvalue weighted by Gasteiger charge is 2.50. The van der Waals surface area contributed by atoms with Crippen molar-refractivity contribution in [1.82, 2.24) is 0 Å². The average Bonchev–Trinajstić information content (AvgIpc) is 2.85. The molecule has 0 radical (unpaired) electrons. The fourth-order valence-corrected chi connectivity index (χ4v) is 3.24. The van der Waals surface area contributed by atoms with E-state index in [-0.39, 0.29) is 5.41 Å². The lowest BCUT2D eigenvalue weighted by Gasteiger charge is -2.43. The Labute approximate surface area is 120 Å². The van der Waals surface area contributed by atoms with E-state index >= 15 is 0 Å². The van der Waals surface area contributed by atoms with E-state index in [0.29, 0.717) is 13.0 Å². The normalized spacial score (nSPS) is 19.9. The molecule has 0 bridgehead atoms. The maximum Gasteiger partial charge on any atom is 0.159 e. The summed E-state index contributed by atoms with van der Waals surface area (Å²) >= 11 is 0. The summed E-state index contributed by atoms with van der Waals surface area (Å²) in [4.78, 5) is 0. The van der Waals surface area contributed by atoms with Crippen molar-refractivity contribution in [3.8, 4) is 0 Å². The van der Waals surface area contributed by atoms with Gasteiger partial charge < -0.3 is 20.3 Å². The zero-order valence-electron chi connectivity index (χ0n) is 12.6. The molecule has 1 unspecified atom stereocenters. The van der Waals surface area contributed by atoms with Crippen molar-refractivity contribution in [2.75, 3.05) is 20.8 Å². The number of benzene rings is 1. The van der Waals surface area contributed by atoms with E-state index in [1.807, 2.05) is 19.1 Å². The van der Waals surface area contributed by atoms with Gasteiger partial charge in [0.05, 0.1) is 5.60 Å². The largest absolute Gasteiger partial charge is 0.389 e. The van der Waals surface area contributed by atoms with Gasteiger partial charge in [0.25, 0.3) is 0 Å². The second-order valence-electron chi connectivity index (χ2n) is 5.99. The molecule has 0 heterocycles. The fourth-order valence-electron chi connectivity index (χ4n) is 3.24. The Bertz CT molecular complexity index is 430. The van der Waals surface area contributed by atoms with Crippen LogP contribution in [0.4, 0.5) is 0 Å². The van der Waals surface area contributed by atoms with Gasteiger partial charge in [-0.05, 0) is 30.9 Å². The summed E-state index contributed by atoms with van der Waals surface area (Å²) in [5.74, 6) is 0. The van der Waals surface area contributed by atoms with Gasteiger partial charge >= 0.3 is 0 Å². The summed E-state index contributed by atoms with van der Waals surface area (Å²) in [6, 6.07) is 8.31. The molecule has 2 rings (SSSR count). The first-order valence-corrected chi connectivity index (χ1v) is 7.03. The molecule has 1 aromatic rings. The Balaban J connectivity index is 2.24. The topological polar surface area (TPSA) is 64.7 Å². The molecule has 1 atom stereocenters. The Morgan fingerprint density at radius 1 is 1.25 bits per heavy atom. The Hall–Kier alpha value is -0.940. The van der Waals surface area contributed by atoms with E-state index < -0.39 is 11.9 Å². The molecule has 4 heteroatoms. The quantitative estimate of drug-likeness (QED) is 0.774. The lowest BCUT2D eigenvalue weighted by Crippen LogP contribution is -2.53. The Kier molecular flexibility index (Phi) is 4.49. The minimum Gasteiger partial charge on any atom is -0.389 e. The molecule has 0 fully saturated rings. The standard InChI is InChI=1S/C16H25NO3/c1-15(18,10-14(19-2)20-3)16(11-17)8-12-6-4-5-7-13(12)9-16/h4-7,14,18H,8-11,17H2,1-3H3. The van der Waals surface area contributed by atoms with Crippen LogP contribution in [-0.2, 0) is 22.3 Å². The fraction of sp³-hybridized carbons (Fsp3) is 0.625. The van der Waals surface area contributed by atoms with Crippen molar-refractivity contribution < 1.29 is 14.6 Å². The summed E-state index contributed by atoms with van der Waals surface area (Å²) < 4.78 is 10.5. The van der Waals surface area contributed by atoms with Crippen LogP contribution in [0.5, 0.6) is 0 Å². The number of nitrogens with two attached hydrogens (primary N) is 1. The van der Waals surface area contributed by atoms with E-state index in [4.69, 9.17) is 15.2 Å². The molecule has 4 nitrogen and oxygen atoms in total. The molecular weight excluding hydrogens is 254 g/mol. The first-order valence-electron chi connectivity index (χ1n) is 7.03. The number of methoxy groups -OCH3 is 2. The predicted octanol–water partition coefficient (Wildman–Crippen LogP) is 1.49. The van der Waals surface area contributed by atoms with Gasteiger partial charge in [-0.25, -0.2) is 0 Å². The number of aliphatic hydroxyl groups is 1. The number of rotatable bonds is 6. The van der Waals surface area contributed by atoms with Crippen LogP contribution in [0.25, 0.3) is 0 Å². The van der Waals surface area contributed by atoms with Gasteiger partial charge in [-0.3, -0.25) is 0 Å². The maximum atomic E-state index is 11.0. The molecule has 1 aliphatic carbocycles. The van der Waals surface area contributed by atoms with Gasteiger partial charge in [-0.1, -0.05) is 24.3 Å². The molecule has 20 heavy (non-hydrogen) atoms. The van der Waals surface area contributed by atoms with Crippen LogP contribution in [0.2, 0.25) is 0 Å². The summed E-state index contributed by atoms with van der Waals surface area (Å²) in [6.45, 7) is 2.28. The summed E-state index contributed by atoms with van der Waals surface area (Å²) in [5.41, 5.74) is 7.31. The molecule has 0 amide bonds. The van der Waals surface area contributed by atoms with E-state index in [2.05, 4.69) is 12.1 Å². The lowest BCUT2D eigenvalue weighted by molar-refractivity contribution is -0.168. The highest BCUT2D eigenvalue weighted by molar-refractivity contribution is 5.36. The molecular formula is C16H25NO3. The van der Waals surface area contributed by atoms with E-state index in [1.54, 1.807) is 14.2 Å². The molecule has 1 aliphatic rings. The molecule has 0 aromatic heterocycles. The Morgan fingerprint density at radius 3 is 2.15 bits per heavy atom. The highest BCUT2D eigenvalue weighted by Crippen LogP contribution is 2.46. The van der Waals surface area contributed by atoms with Crippen LogP contribution in [0.15, 0.2) is 24.3 Å². The number of ether oxygens (including phenoxy) is 2. The maximum absolute atomic E-state index is 11.0. The second-order valence-corrected chi connectivity index (χ2v) is 5.99. The van der Waals surface area contributed by atoms with Crippen LogP contribution < -0.4 is 5.73 Å². The highest BCUT2D eigenvalue weighted by atomic mass is 16.7. The monoisotopic (exact) mass is 279 g/mol. The molecule has 0 spiro atoms. The van der Waals surface area contributed by atoms with Gasteiger partial charge in [0, 0.05) is 32.6 Å². The van der Waals surface area contributed by atoms with Gasteiger partial charge in [-0.2, -0.15) is 0 Å². The van der Waals surface area contributed by atoms with Crippen molar-refractivity contribution in [3.63, 3.8) is 0 Å². The molecule has 3 N–H and O–H groups in total.